The molecule has 3 aromatic rings. The van der Waals surface area contributed by atoms with E-state index in [1.54, 1.807) is 12.1 Å². The maximum Gasteiger partial charge on any atom is 0.573 e. The molecular formula is C31H40F3N3O. The van der Waals surface area contributed by atoms with Gasteiger partial charge in [-0.05, 0) is 86.7 Å². The molecule has 1 aromatic heterocycles. The summed E-state index contributed by atoms with van der Waals surface area (Å²) in [5.41, 5.74) is 9.31. The Kier molecular flexibility index (Phi) is 8.64. The Morgan fingerprint density at radius 3 is 2.47 bits per heavy atom. The molecule has 0 radical (unpaired) electrons. The fourth-order valence-electron chi connectivity index (χ4n) is 6.54. The van der Waals surface area contributed by atoms with Crippen LogP contribution in [0.1, 0.15) is 81.3 Å². The van der Waals surface area contributed by atoms with Gasteiger partial charge in [-0.3, -0.25) is 0 Å². The molecule has 2 fully saturated rings. The van der Waals surface area contributed by atoms with Crippen LogP contribution in [0.5, 0.6) is 5.75 Å². The Balaban J connectivity index is 1.44. The van der Waals surface area contributed by atoms with Crippen molar-refractivity contribution in [2.45, 2.75) is 95.1 Å². The van der Waals surface area contributed by atoms with Gasteiger partial charge >= 0.3 is 6.36 Å². The first-order valence-electron chi connectivity index (χ1n) is 14.3. The van der Waals surface area contributed by atoms with Crippen molar-refractivity contribution in [3.05, 3.63) is 65.9 Å². The predicted molar refractivity (Wildman–Crippen MR) is 146 cm³/mol. The lowest BCUT2D eigenvalue weighted by Gasteiger charge is -2.28. The summed E-state index contributed by atoms with van der Waals surface area (Å²) in [6.07, 6.45) is 8.98. The molecule has 38 heavy (non-hydrogen) atoms. The number of ether oxygens (including phenoxy) is 1. The average molecular weight is 528 g/mol. The van der Waals surface area contributed by atoms with E-state index in [1.165, 1.54) is 54.6 Å². The lowest BCUT2D eigenvalue weighted by atomic mass is 9.87. The number of rotatable bonds is 9. The first-order chi connectivity index (χ1) is 18.4. The second kappa shape index (κ2) is 12.1. The molecule has 0 bridgehead atoms. The van der Waals surface area contributed by atoms with E-state index in [-0.39, 0.29) is 11.7 Å². The summed E-state index contributed by atoms with van der Waals surface area (Å²) < 4.78 is 45.8. The number of benzene rings is 2. The molecule has 2 aliphatic rings. The number of hydrogen-bond donors (Lipinski definition) is 2. The topological polar surface area (TPSA) is 52.2 Å². The van der Waals surface area contributed by atoms with Crippen LogP contribution in [0, 0.1) is 5.92 Å². The molecule has 7 heteroatoms. The summed E-state index contributed by atoms with van der Waals surface area (Å²) in [5, 5.41) is 4.89. The van der Waals surface area contributed by atoms with E-state index in [4.69, 9.17) is 5.73 Å². The molecule has 206 valence electrons. The molecule has 2 aliphatic carbocycles. The molecule has 0 spiro atoms. The average Bonchev–Trinajstić information content (AvgIpc) is 3.25. The third-order valence-electron chi connectivity index (χ3n) is 8.51. The van der Waals surface area contributed by atoms with Crippen molar-refractivity contribution in [1.29, 1.82) is 0 Å². The van der Waals surface area contributed by atoms with E-state index < -0.39 is 6.36 Å². The van der Waals surface area contributed by atoms with E-state index in [9.17, 15) is 13.2 Å². The highest BCUT2D eigenvalue weighted by Crippen LogP contribution is 2.37. The van der Waals surface area contributed by atoms with Gasteiger partial charge in [0.1, 0.15) is 5.75 Å². The monoisotopic (exact) mass is 527 g/mol. The minimum Gasteiger partial charge on any atom is -0.406 e. The number of para-hydroxylation sites is 1. The van der Waals surface area contributed by atoms with Gasteiger partial charge in [-0.15, -0.1) is 13.2 Å². The number of halogens is 3. The highest BCUT2D eigenvalue weighted by atomic mass is 19.4. The van der Waals surface area contributed by atoms with Crippen molar-refractivity contribution in [3.8, 4) is 5.75 Å². The molecule has 1 atom stereocenters. The molecule has 2 aromatic carbocycles. The van der Waals surface area contributed by atoms with Gasteiger partial charge in [0.15, 0.2) is 0 Å². The summed E-state index contributed by atoms with van der Waals surface area (Å²) in [7, 11) is 0. The number of nitrogens with zero attached hydrogens (tertiary/aromatic N) is 1. The van der Waals surface area contributed by atoms with Crippen LogP contribution in [0.4, 0.5) is 13.2 Å². The first-order valence-corrected chi connectivity index (χ1v) is 14.3. The number of alkyl halides is 3. The van der Waals surface area contributed by atoms with Crippen molar-refractivity contribution < 1.29 is 17.9 Å². The number of nitrogens with two attached hydrogens (primary N) is 1. The summed E-state index contributed by atoms with van der Waals surface area (Å²) in [6.45, 7) is 1.78. The molecule has 0 saturated heterocycles. The van der Waals surface area contributed by atoms with Gasteiger partial charge in [-0.2, -0.15) is 0 Å². The zero-order valence-corrected chi connectivity index (χ0v) is 22.1. The van der Waals surface area contributed by atoms with E-state index in [0.717, 1.165) is 50.8 Å². The Bertz CT molecular complexity index is 1180. The molecule has 3 N–H and O–H groups in total. The molecule has 0 amide bonds. The van der Waals surface area contributed by atoms with E-state index in [1.807, 2.05) is 6.07 Å². The van der Waals surface area contributed by atoms with E-state index in [0.29, 0.717) is 18.0 Å². The Hall–Kier alpha value is -2.51. The van der Waals surface area contributed by atoms with Gasteiger partial charge in [0, 0.05) is 41.6 Å². The molecule has 0 aliphatic heterocycles. The highest BCUT2D eigenvalue weighted by molar-refractivity contribution is 5.85. The third-order valence-corrected chi connectivity index (χ3v) is 8.51. The molecule has 4 nitrogen and oxygen atoms in total. The largest absolute Gasteiger partial charge is 0.573 e. The maximum absolute atomic E-state index is 13.0. The zero-order valence-electron chi connectivity index (χ0n) is 22.1. The van der Waals surface area contributed by atoms with Crippen molar-refractivity contribution in [1.82, 2.24) is 9.88 Å². The lowest BCUT2D eigenvalue weighted by Crippen LogP contribution is -2.38. The van der Waals surface area contributed by atoms with Crippen molar-refractivity contribution in [2.75, 3.05) is 6.54 Å². The smallest absolute Gasteiger partial charge is 0.406 e. The van der Waals surface area contributed by atoms with Gasteiger partial charge in [0.25, 0.3) is 0 Å². The minimum atomic E-state index is -4.71. The van der Waals surface area contributed by atoms with Gasteiger partial charge in [-0.1, -0.05) is 49.6 Å². The minimum absolute atomic E-state index is 0.0531. The van der Waals surface area contributed by atoms with Gasteiger partial charge < -0.3 is 20.4 Å². The van der Waals surface area contributed by atoms with Crippen LogP contribution in [0.15, 0.2) is 54.7 Å². The standard InChI is InChI=1S/C31H40F3N3O/c32-31(33,34)38-26-10-6-9-23(19-26)27(17-18-36-25-15-13-24(35)14-16-25)29-21-37(20-22-7-2-1-3-8-22)30-12-5-4-11-28(29)30/h4-6,9-12,19,21-22,24-25,27,36H,1-3,7-8,13-18,20,35H2/t24-,25-,27?. The van der Waals surface area contributed by atoms with Crippen LogP contribution in [-0.2, 0) is 6.54 Å². The van der Waals surface area contributed by atoms with Crippen molar-refractivity contribution in [2.24, 2.45) is 11.7 Å². The molecule has 5 rings (SSSR count). The van der Waals surface area contributed by atoms with E-state index in [2.05, 4.69) is 45.1 Å². The van der Waals surface area contributed by atoms with Crippen LogP contribution in [0.25, 0.3) is 10.9 Å². The Morgan fingerprint density at radius 1 is 0.947 bits per heavy atom. The van der Waals surface area contributed by atoms with Gasteiger partial charge in [0.05, 0.1) is 0 Å². The normalized spacial score (nSPS) is 22.0. The fourth-order valence-corrected chi connectivity index (χ4v) is 6.54. The second-order valence-electron chi connectivity index (χ2n) is 11.3. The lowest BCUT2D eigenvalue weighted by molar-refractivity contribution is -0.274. The molecule has 1 heterocycles. The molecule has 2 saturated carbocycles. The van der Waals surface area contributed by atoms with E-state index >= 15 is 0 Å². The number of hydrogen-bond acceptors (Lipinski definition) is 3. The van der Waals surface area contributed by atoms with Crippen molar-refractivity contribution in [3.63, 3.8) is 0 Å². The van der Waals surface area contributed by atoms with Crippen molar-refractivity contribution >= 4 is 10.9 Å². The van der Waals surface area contributed by atoms with Gasteiger partial charge in [0.2, 0.25) is 0 Å². The maximum atomic E-state index is 13.0. The zero-order chi connectivity index (χ0) is 26.5. The fraction of sp³-hybridized carbons (Fsp3) is 0.548. The van der Waals surface area contributed by atoms with Gasteiger partial charge in [-0.25, -0.2) is 0 Å². The van der Waals surface area contributed by atoms with Crippen LogP contribution < -0.4 is 15.8 Å². The summed E-state index contributed by atoms with van der Waals surface area (Å²) in [5.74, 6) is 0.455. The SMILES string of the molecule is N[C@H]1CC[C@H](NCCC(c2cccc(OC(F)(F)F)c2)c2cn(CC3CCCCC3)c3ccccc23)CC1. The molecular weight excluding hydrogens is 487 g/mol. The summed E-state index contributed by atoms with van der Waals surface area (Å²) >= 11 is 0. The quantitative estimate of drug-likeness (QED) is 0.303. The summed E-state index contributed by atoms with van der Waals surface area (Å²) in [6, 6.07) is 15.7. The molecule has 1 unspecified atom stereocenters. The third kappa shape index (κ3) is 6.92. The number of aromatic nitrogens is 1. The predicted octanol–water partition coefficient (Wildman–Crippen LogP) is 7.50. The first kappa shape index (κ1) is 27.1. The number of nitrogens with one attached hydrogen (secondary N) is 1. The van der Waals surface area contributed by atoms with Crippen LogP contribution >= 0.6 is 0 Å². The Labute approximate surface area is 223 Å². The van der Waals surface area contributed by atoms with Crippen LogP contribution in [0.3, 0.4) is 0 Å². The Morgan fingerprint density at radius 2 is 1.71 bits per heavy atom. The second-order valence-corrected chi connectivity index (χ2v) is 11.3. The van der Waals surface area contributed by atoms with Crippen LogP contribution in [0.2, 0.25) is 0 Å². The highest BCUT2D eigenvalue weighted by Gasteiger charge is 2.31. The summed E-state index contributed by atoms with van der Waals surface area (Å²) in [4.78, 5) is 0. The van der Waals surface area contributed by atoms with Crippen LogP contribution in [-0.4, -0.2) is 29.6 Å². The number of fused-ring (bicyclic) bond motifs is 1.